The Morgan fingerprint density at radius 1 is 1.38 bits per heavy atom. The maximum atomic E-state index is 13.3. The molecule has 4 aliphatic rings. The molecule has 3 fully saturated rings. The number of aryl methyl sites for hydroxylation is 2. The molecule has 8 nitrogen and oxygen atoms in total. The molecule has 1 spiro atoms. The molecule has 170 valence electrons. The molecule has 2 bridgehead atoms. The van der Waals surface area contributed by atoms with E-state index in [1.165, 1.54) is 0 Å². The van der Waals surface area contributed by atoms with Gasteiger partial charge in [0.25, 0.3) is 5.91 Å². The maximum Gasteiger partial charge on any atom is 0.258 e. The van der Waals surface area contributed by atoms with Gasteiger partial charge in [-0.15, -0.1) is 0 Å². The van der Waals surface area contributed by atoms with Crippen LogP contribution in [0.1, 0.15) is 54.4 Å². The molecule has 0 radical (unpaired) electrons. The highest BCUT2D eigenvalue weighted by Crippen LogP contribution is 2.53. The van der Waals surface area contributed by atoms with Gasteiger partial charge in [-0.2, -0.15) is 5.10 Å². The molecule has 2 amide bonds. The zero-order valence-corrected chi connectivity index (χ0v) is 19.0. The number of anilines is 1. The normalized spacial score (nSPS) is 28.1. The van der Waals surface area contributed by atoms with Crippen molar-refractivity contribution in [2.75, 3.05) is 12.4 Å². The topological polar surface area (TPSA) is 94.5 Å². The summed E-state index contributed by atoms with van der Waals surface area (Å²) in [6.07, 6.45) is 3.21. The zero-order valence-electron chi connectivity index (χ0n) is 19.0. The summed E-state index contributed by atoms with van der Waals surface area (Å²) in [7, 11) is 1.60. The number of hydrogen-bond acceptors (Lipinski definition) is 5. The third-order valence-corrected chi connectivity index (χ3v) is 7.53. The van der Waals surface area contributed by atoms with Gasteiger partial charge in [-0.05, 0) is 58.1 Å². The number of fused-ring (bicyclic) bond motifs is 3. The minimum atomic E-state index is -0.755. The van der Waals surface area contributed by atoms with Crippen molar-refractivity contribution < 1.29 is 19.1 Å². The van der Waals surface area contributed by atoms with Crippen molar-refractivity contribution in [2.45, 2.75) is 58.7 Å². The lowest BCUT2D eigenvalue weighted by Gasteiger charge is -2.55. The number of amides is 2. The zero-order chi connectivity index (χ0) is 22.6. The fourth-order valence-electron chi connectivity index (χ4n) is 5.84. The van der Waals surface area contributed by atoms with Gasteiger partial charge in [-0.1, -0.05) is 0 Å². The number of carbonyl (C=O) groups is 2. The second kappa shape index (κ2) is 7.53. The monoisotopic (exact) mass is 438 g/mol. The van der Waals surface area contributed by atoms with Crippen molar-refractivity contribution >= 4 is 17.5 Å². The SMILES string of the molecule is CCn1nc(C)c(NC(=O)[C@H]2C[C@H]3CC[C@H]2C[C@@]32NC(=O)c3ccc(OC)cc3O2)c1C. The van der Waals surface area contributed by atoms with Crippen molar-refractivity contribution in [2.24, 2.45) is 17.8 Å². The Labute approximate surface area is 187 Å². The molecule has 1 aromatic heterocycles. The van der Waals surface area contributed by atoms with Crippen LogP contribution in [0.5, 0.6) is 11.5 Å². The average molecular weight is 439 g/mol. The number of carbonyl (C=O) groups excluding carboxylic acids is 2. The van der Waals surface area contributed by atoms with Gasteiger partial charge < -0.3 is 20.1 Å². The molecule has 2 N–H and O–H groups in total. The summed E-state index contributed by atoms with van der Waals surface area (Å²) in [6.45, 7) is 6.71. The highest BCUT2D eigenvalue weighted by atomic mass is 16.5. The molecule has 1 aromatic carbocycles. The van der Waals surface area contributed by atoms with Crippen molar-refractivity contribution in [3.63, 3.8) is 0 Å². The molecule has 3 aliphatic carbocycles. The number of benzene rings is 1. The van der Waals surface area contributed by atoms with Gasteiger partial charge in [0.2, 0.25) is 5.91 Å². The standard InChI is InChI=1S/C24H30N4O4/c1-5-28-14(3)21(13(2)27-28)25-22(29)19-10-16-7-6-15(19)12-24(16)26-23(30)18-9-8-17(31-4)11-20(18)32-24/h8-9,11,15-16,19H,5-7,10,12H2,1-4H3,(H,25,29)(H,26,30)/t15-,16+,19-,24-/m0/s1. The van der Waals surface area contributed by atoms with E-state index in [1.54, 1.807) is 25.3 Å². The Morgan fingerprint density at radius 3 is 2.84 bits per heavy atom. The summed E-state index contributed by atoms with van der Waals surface area (Å²) in [5.74, 6) is 1.25. The van der Waals surface area contributed by atoms with Crippen LogP contribution in [0.4, 0.5) is 5.69 Å². The summed E-state index contributed by atoms with van der Waals surface area (Å²) >= 11 is 0. The van der Waals surface area contributed by atoms with Crippen LogP contribution in [0.25, 0.3) is 0 Å². The van der Waals surface area contributed by atoms with E-state index in [9.17, 15) is 9.59 Å². The molecule has 0 saturated heterocycles. The fourth-order valence-corrected chi connectivity index (χ4v) is 5.84. The Bertz CT molecular complexity index is 1090. The van der Waals surface area contributed by atoms with Crippen molar-refractivity contribution in [3.8, 4) is 11.5 Å². The Balaban J connectivity index is 1.36. The van der Waals surface area contributed by atoms with Crippen LogP contribution in [-0.4, -0.2) is 34.4 Å². The van der Waals surface area contributed by atoms with Gasteiger partial charge in [-0.25, -0.2) is 0 Å². The number of nitrogens with one attached hydrogen (secondary N) is 2. The third-order valence-electron chi connectivity index (χ3n) is 7.53. The van der Waals surface area contributed by atoms with E-state index in [0.29, 0.717) is 29.9 Å². The molecular weight excluding hydrogens is 408 g/mol. The lowest BCUT2D eigenvalue weighted by Crippen LogP contribution is -2.66. The van der Waals surface area contributed by atoms with Crippen LogP contribution in [0.2, 0.25) is 0 Å². The van der Waals surface area contributed by atoms with Crippen molar-refractivity contribution in [1.82, 2.24) is 15.1 Å². The molecule has 4 atom stereocenters. The molecule has 2 heterocycles. The van der Waals surface area contributed by atoms with E-state index in [4.69, 9.17) is 9.47 Å². The number of nitrogens with zero attached hydrogens (tertiary/aromatic N) is 2. The summed E-state index contributed by atoms with van der Waals surface area (Å²) in [4.78, 5) is 26.2. The molecule has 0 unspecified atom stereocenters. The van der Waals surface area contributed by atoms with Gasteiger partial charge >= 0.3 is 0 Å². The van der Waals surface area contributed by atoms with Gasteiger partial charge in [0, 0.05) is 30.9 Å². The Hall–Kier alpha value is -3.03. The quantitative estimate of drug-likeness (QED) is 0.763. The highest BCUT2D eigenvalue weighted by molar-refractivity contribution is 5.99. The lowest BCUT2D eigenvalue weighted by atomic mass is 9.60. The summed E-state index contributed by atoms with van der Waals surface area (Å²) in [6, 6.07) is 5.27. The van der Waals surface area contributed by atoms with Crippen molar-refractivity contribution in [3.05, 3.63) is 35.2 Å². The molecule has 1 aliphatic heterocycles. The summed E-state index contributed by atoms with van der Waals surface area (Å²) in [5.41, 5.74) is 2.39. The first kappa shape index (κ1) is 20.8. The lowest BCUT2D eigenvalue weighted by molar-refractivity contribution is -0.142. The third kappa shape index (κ3) is 3.15. The predicted octanol–water partition coefficient (Wildman–Crippen LogP) is 3.42. The first-order chi connectivity index (χ1) is 15.3. The van der Waals surface area contributed by atoms with E-state index in [0.717, 1.165) is 36.5 Å². The summed E-state index contributed by atoms with van der Waals surface area (Å²) < 4.78 is 13.7. The summed E-state index contributed by atoms with van der Waals surface area (Å²) in [5, 5.41) is 10.8. The Kier molecular flexibility index (Phi) is 4.91. The van der Waals surface area contributed by atoms with Crippen molar-refractivity contribution in [1.29, 1.82) is 0 Å². The number of hydrogen-bond donors (Lipinski definition) is 2. The number of methoxy groups -OCH3 is 1. The smallest absolute Gasteiger partial charge is 0.258 e. The number of ether oxygens (including phenoxy) is 2. The van der Waals surface area contributed by atoms with E-state index in [-0.39, 0.29) is 29.6 Å². The molecule has 32 heavy (non-hydrogen) atoms. The largest absolute Gasteiger partial charge is 0.497 e. The van der Waals surface area contributed by atoms with E-state index >= 15 is 0 Å². The van der Waals surface area contributed by atoms with Crippen LogP contribution in [-0.2, 0) is 11.3 Å². The van der Waals surface area contributed by atoms with E-state index in [1.807, 2.05) is 25.5 Å². The van der Waals surface area contributed by atoms with Crippen LogP contribution in [0.15, 0.2) is 18.2 Å². The van der Waals surface area contributed by atoms with E-state index < -0.39 is 5.72 Å². The second-order valence-electron chi connectivity index (χ2n) is 9.24. The number of aromatic nitrogens is 2. The molecule has 6 rings (SSSR count). The van der Waals surface area contributed by atoms with Crippen LogP contribution in [0, 0.1) is 31.6 Å². The van der Waals surface area contributed by atoms with E-state index in [2.05, 4.69) is 15.7 Å². The second-order valence-corrected chi connectivity index (χ2v) is 9.24. The minimum Gasteiger partial charge on any atom is -0.497 e. The molecular formula is C24H30N4O4. The van der Waals surface area contributed by atoms with Crippen LogP contribution < -0.4 is 20.1 Å². The fraction of sp³-hybridized carbons (Fsp3) is 0.542. The maximum absolute atomic E-state index is 13.3. The van der Waals surface area contributed by atoms with Crippen LogP contribution >= 0.6 is 0 Å². The van der Waals surface area contributed by atoms with Gasteiger partial charge in [-0.3, -0.25) is 14.3 Å². The highest BCUT2D eigenvalue weighted by Gasteiger charge is 2.57. The number of rotatable bonds is 4. The van der Waals surface area contributed by atoms with Gasteiger partial charge in [0.1, 0.15) is 11.5 Å². The predicted molar refractivity (Wildman–Crippen MR) is 119 cm³/mol. The first-order valence-corrected chi connectivity index (χ1v) is 11.4. The average Bonchev–Trinajstić information content (AvgIpc) is 3.06. The van der Waals surface area contributed by atoms with Gasteiger partial charge in [0.15, 0.2) is 5.72 Å². The minimum absolute atomic E-state index is 0.0422. The van der Waals surface area contributed by atoms with Gasteiger partial charge in [0.05, 0.1) is 29.7 Å². The molecule has 3 saturated carbocycles. The van der Waals surface area contributed by atoms with Crippen LogP contribution in [0.3, 0.4) is 0 Å². The first-order valence-electron chi connectivity index (χ1n) is 11.4. The molecule has 2 aromatic rings. The molecule has 8 heteroatoms. The Morgan fingerprint density at radius 2 is 2.19 bits per heavy atom.